The Labute approximate surface area is 133 Å². The molecule has 5 heteroatoms. The second-order valence-electron chi connectivity index (χ2n) is 5.74. The minimum atomic E-state index is -0.00520. The van der Waals surface area contributed by atoms with Crippen LogP contribution in [0.25, 0.3) is 0 Å². The van der Waals surface area contributed by atoms with Gasteiger partial charge in [0.1, 0.15) is 0 Å². The number of rotatable bonds is 8. The molecular formula is C17H27N3O2. The summed E-state index contributed by atoms with van der Waals surface area (Å²) in [6.07, 6.45) is 3.19. The number of anilines is 2. The first-order valence-electron chi connectivity index (χ1n) is 7.72. The Balaban J connectivity index is 2.32. The normalized spacial score (nSPS) is 10.2. The molecule has 0 spiro atoms. The Kier molecular flexibility index (Phi) is 7.43. The Morgan fingerprint density at radius 1 is 1.14 bits per heavy atom. The van der Waals surface area contributed by atoms with Crippen molar-refractivity contribution in [2.24, 2.45) is 0 Å². The molecule has 1 aromatic rings. The van der Waals surface area contributed by atoms with Crippen molar-refractivity contribution in [3.8, 4) is 0 Å². The highest BCUT2D eigenvalue weighted by molar-refractivity contribution is 5.91. The van der Waals surface area contributed by atoms with Crippen molar-refractivity contribution in [1.29, 1.82) is 0 Å². The molecule has 0 saturated carbocycles. The summed E-state index contributed by atoms with van der Waals surface area (Å²) in [6, 6.07) is 6.00. The molecule has 0 aromatic heterocycles. The van der Waals surface area contributed by atoms with Crippen LogP contribution in [0.15, 0.2) is 18.2 Å². The summed E-state index contributed by atoms with van der Waals surface area (Å²) < 4.78 is 0. The van der Waals surface area contributed by atoms with Crippen LogP contribution in [-0.4, -0.2) is 32.5 Å². The van der Waals surface area contributed by atoms with Gasteiger partial charge in [-0.1, -0.05) is 6.42 Å². The van der Waals surface area contributed by atoms with E-state index >= 15 is 0 Å². The van der Waals surface area contributed by atoms with Gasteiger partial charge in [-0.15, -0.1) is 0 Å². The standard InChI is InChI=1S/C17H27N3O2/c1-13-12-15(20(3)4)9-10-16(13)19-17(22)8-6-5-7-11-18-14(2)21/h9-10,12H,5-8,11H2,1-4H3,(H,18,21)(H,19,22). The monoisotopic (exact) mass is 305 g/mol. The molecule has 122 valence electrons. The molecule has 1 rings (SSSR count). The quantitative estimate of drug-likeness (QED) is 0.726. The van der Waals surface area contributed by atoms with Gasteiger partial charge < -0.3 is 15.5 Å². The van der Waals surface area contributed by atoms with Gasteiger partial charge in [0.2, 0.25) is 11.8 Å². The Hall–Kier alpha value is -2.04. The smallest absolute Gasteiger partial charge is 0.224 e. The number of carbonyl (C=O) groups is 2. The van der Waals surface area contributed by atoms with E-state index in [9.17, 15) is 9.59 Å². The number of hydrogen-bond acceptors (Lipinski definition) is 3. The van der Waals surface area contributed by atoms with Crippen molar-refractivity contribution in [2.45, 2.75) is 39.5 Å². The summed E-state index contributed by atoms with van der Waals surface area (Å²) in [7, 11) is 3.99. The second kappa shape index (κ2) is 9.07. The first-order chi connectivity index (χ1) is 10.4. The van der Waals surface area contributed by atoms with Crippen molar-refractivity contribution in [1.82, 2.24) is 5.32 Å². The molecule has 0 atom stereocenters. The minimum Gasteiger partial charge on any atom is -0.378 e. The Morgan fingerprint density at radius 3 is 2.45 bits per heavy atom. The molecule has 0 heterocycles. The fourth-order valence-electron chi connectivity index (χ4n) is 2.13. The van der Waals surface area contributed by atoms with Gasteiger partial charge in [-0.25, -0.2) is 0 Å². The average molecular weight is 305 g/mol. The maximum Gasteiger partial charge on any atom is 0.224 e. The number of unbranched alkanes of at least 4 members (excludes halogenated alkanes) is 2. The molecule has 2 amide bonds. The van der Waals surface area contributed by atoms with Crippen LogP contribution in [0, 0.1) is 6.92 Å². The van der Waals surface area contributed by atoms with Crippen molar-refractivity contribution in [3.63, 3.8) is 0 Å². The minimum absolute atomic E-state index is 0.00520. The van der Waals surface area contributed by atoms with E-state index in [-0.39, 0.29) is 11.8 Å². The average Bonchev–Trinajstić information content (AvgIpc) is 2.44. The number of benzene rings is 1. The van der Waals surface area contributed by atoms with Gasteiger partial charge in [0.25, 0.3) is 0 Å². The molecular weight excluding hydrogens is 278 g/mol. The third-order valence-electron chi connectivity index (χ3n) is 3.46. The highest BCUT2D eigenvalue weighted by Gasteiger charge is 2.06. The molecule has 0 radical (unpaired) electrons. The lowest BCUT2D eigenvalue weighted by atomic mass is 10.1. The lowest BCUT2D eigenvalue weighted by molar-refractivity contribution is -0.119. The largest absolute Gasteiger partial charge is 0.378 e. The van der Waals surface area contributed by atoms with Crippen LogP contribution in [0.4, 0.5) is 11.4 Å². The molecule has 0 aliphatic heterocycles. The Bertz CT molecular complexity index is 513. The highest BCUT2D eigenvalue weighted by atomic mass is 16.2. The molecule has 1 aromatic carbocycles. The molecule has 0 bridgehead atoms. The predicted octanol–water partition coefficient (Wildman–Crippen LogP) is 2.70. The molecule has 2 N–H and O–H groups in total. The number of nitrogens with one attached hydrogen (secondary N) is 2. The lowest BCUT2D eigenvalue weighted by Crippen LogP contribution is -2.20. The molecule has 0 fully saturated rings. The maximum atomic E-state index is 11.9. The first-order valence-corrected chi connectivity index (χ1v) is 7.72. The van der Waals surface area contributed by atoms with Crippen LogP contribution in [0.5, 0.6) is 0 Å². The number of carbonyl (C=O) groups excluding carboxylic acids is 2. The van der Waals surface area contributed by atoms with Crippen molar-refractivity contribution in [3.05, 3.63) is 23.8 Å². The maximum absolute atomic E-state index is 11.9. The number of nitrogens with zero attached hydrogens (tertiary/aromatic N) is 1. The Morgan fingerprint density at radius 2 is 1.86 bits per heavy atom. The molecule has 0 saturated heterocycles. The van der Waals surface area contributed by atoms with Crippen LogP contribution in [-0.2, 0) is 9.59 Å². The van der Waals surface area contributed by atoms with E-state index in [2.05, 4.69) is 16.7 Å². The fourth-order valence-corrected chi connectivity index (χ4v) is 2.13. The van der Waals surface area contributed by atoms with E-state index in [1.165, 1.54) is 6.92 Å². The van der Waals surface area contributed by atoms with Gasteiger partial charge in [-0.3, -0.25) is 9.59 Å². The molecule has 0 aliphatic rings. The van der Waals surface area contributed by atoms with E-state index in [1.807, 2.05) is 38.1 Å². The zero-order valence-corrected chi connectivity index (χ0v) is 14.0. The number of aryl methyl sites for hydroxylation is 1. The van der Waals surface area contributed by atoms with Crippen LogP contribution < -0.4 is 15.5 Å². The van der Waals surface area contributed by atoms with Gasteiger partial charge in [-0.2, -0.15) is 0 Å². The lowest BCUT2D eigenvalue weighted by Gasteiger charge is -2.15. The first kappa shape index (κ1) is 18.0. The van der Waals surface area contributed by atoms with Crippen molar-refractivity contribution in [2.75, 3.05) is 30.9 Å². The van der Waals surface area contributed by atoms with Crippen molar-refractivity contribution < 1.29 is 9.59 Å². The van der Waals surface area contributed by atoms with Gasteiger partial charge in [0.15, 0.2) is 0 Å². The number of hydrogen-bond donors (Lipinski definition) is 2. The van der Waals surface area contributed by atoms with Crippen LogP contribution in [0.3, 0.4) is 0 Å². The molecule has 22 heavy (non-hydrogen) atoms. The number of amides is 2. The predicted molar refractivity (Wildman–Crippen MR) is 91.3 cm³/mol. The third kappa shape index (κ3) is 6.61. The highest BCUT2D eigenvalue weighted by Crippen LogP contribution is 2.21. The SMILES string of the molecule is CC(=O)NCCCCCC(=O)Nc1ccc(N(C)C)cc1C. The summed E-state index contributed by atoms with van der Waals surface area (Å²) >= 11 is 0. The van der Waals surface area contributed by atoms with Crippen LogP contribution in [0.2, 0.25) is 0 Å². The van der Waals surface area contributed by atoms with Crippen LogP contribution in [0.1, 0.15) is 38.2 Å². The summed E-state index contributed by atoms with van der Waals surface area (Å²) in [4.78, 5) is 24.7. The van der Waals surface area contributed by atoms with E-state index in [4.69, 9.17) is 0 Å². The van der Waals surface area contributed by atoms with E-state index in [0.29, 0.717) is 13.0 Å². The van der Waals surface area contributed by atoms with Gasteiger partial charge in [0, 0.05) is 45.4 Å². The topological polar surface area (TPSA) is 61.4 Å². The second-order valence-corrected chi connectivity index (χ2v) is 5.74. The zero-order chi connectivity index (χ0) is 16.5. The summed E-state index contributed by atoms with van der Waals surface area (Å²) in [5.41, 5.74) is 3.05. The van der Waals surface area contributed by atoms with Gasteiger partial charge in [0.05, 0.1) is 0 Å². The zero-order valence-electron chi connectivity index (χ0n) is 14.0. The van der Waals surface area contributed by atoms with Crippen LogP contribution >= 0.6 is 0 Å². The van der Waals surface area contributed by atoms with Gasteiger partial charge >= 0.3 is 0 Å². The summed E-state index contributed by atoms with van der Waals surface area (Å²) in [5.74, 6) is 0.0367. The summed E-state index contributed by atoms with van der Waals surface area (Å²) in [6.45, 7) is 4.19. The van der Waals surface area contributed by atoms with E-state index in [0.717, 1.165) is 36.2 Å². The summed E-state index contributed by atoms with van der Waals surface area (Å²) in [5, 5.41) is 5.71. The molecule has 0 unspecified atom stereocenters. The van der Waals surface area contributed by atoms with E-state index < -0.39 is 0 Å². The van der Waals surface area contributed by atoms with Crippen molar-refractivity contribution >= 4 is 23.2 Å². The fraction of sp³-hybridized carbons (Fsp3) is 0.529. The van der Waals surface area contributed by atoms with E-state index in [1.54, 1.807) is 0 Å². The van der Waals surface area contributed by atoms with Gasteiger partial charge in [-0.05, 0) is 43.5 Å². The molecule has 0 aliphatic carbocycles. The molecule has 5 nitrogen and oxygen atoms in total. The third-order valence-corrected chi connectivity index (χ3v) is 3.46.